The fraction of sp³-hybridized carbons (Fsp3) is 0.333. The van der Waals surface area contributed by atoms with Crippen molar-refractivity contribution in [1.29, 1.82) is 0 Å². The topological polar surface area (TPSA) is 75.0 Å². The SMILES string of the molecule is COc1ccc(N2CCN(C(=O)C(=O)NCc3ccco3)CC2)cc1. The van der Waals surface area contributed by atoms with Crippen molar-refractivity contribution in [3.8, 4) is 5.75 Å². The highest BCUT2D eigenvalue weighted by molar-refractivity contribution is 6.35. The van der Waals surface area contributed by atoms with Gasteiger partial charge in [-0.25, -0.2) is 0 Å². The third-order valence-electron chi connectivity index (χ3n) is 4.20. The number of rotatable bonds is 4. The van der Waals surface area contributed by atoms with E-state index in [2.05, 4.69) is 10.2 Å². The number of carbonyl (C=O) groups is 2. The molecule has 2 amide bonds. The van der Waals surface area contributed by atoms with Crippen molar-refractivity contribution in [1.82, 2.24) is 10.2 Å². The predicted octanol–water partition coefficient (Wildman–Crippen LogP) is 1.25. The Labute approximate surface area is 146 Å². The van der Waals surface area contributed by atoms with E-state index in [9.17, 15) is 9.59 Å². The first kappa shape index (κ1) is 16.9. The van der Waals surface area contributed by atoms with Crippen molar-refractivity contribution < 1.29 is 18.7 Å². The van der Waals surface area contributed by atoms with E-state index in [0.717, 1.165) is 11.4 Å². The average molecular weight is 343 g/mol. The number of anilines is 1. The van der Waals surface area contributed by atoms with Gasteiger partial charge in [-0.3, -0.25) is 9.59 Å². The number of benzene rings is 1. The van der Waals surface area contributed by atoms with Crippen LogP contribution in [-0.4, -0.2) is 50.0 Å². The molecule has 0 unspecified atom stereocenters. The largest absolute Gasteiger partial charge is 0.497 e. The predicted molar refractivity (Wildman–Crippen MR) is 92.3 cm³/mol. The Morgan fingerprint density at radius 1 is 1.12 bits per heavy atom. The number of piperazine rings is 1. The Morgan fingerprint density at radius 3 is 2.44 bits per heavy atom. The molecule has 2 aromatic rings. The van der Waals surface area contributed by atoms with Crippen molar-refractivity contribution in [3.05, 3.63) is 48.4 Å². The third kappa shape index (κ3) is 4.12. The maximum Gasteiger partial charge on any atom is 0.312 e. The molecule has 1 fully saturated rings. The quantitative estimate of drug-likeness (QED) is 0.846. The minimum atomic E-state index is -0.603. The number of nitrogens with zero attached hydrogens (tertiary/aromatic N) is 2. The molecule has 3 rings (SSSR count). The molecule has 0 radical (unpaired) electrons. The number of methoxy groups -OCH3 is 1. The van der Waals surface area contributed by atoms with Gasteiger partial charge in [-0.1, -0.05) is 0 Å². The zero-order valence-corrected chi connectivity index (χ0v) is 14.1. The lowest BCUT2D eigenvalue weighted by molar-refractivity contribution is -0.146. The molecular formula is C18H21N3O4. The number of hydrogen-bond donors (Lipinski definition) is 1. The zero-order chi connectivity index (χ0) is 17.6. The molecule has 1 aliphatic heterocycles. The summed E-state index contributed by atoms with van der Waals surface area (Å²) >= 11 is 0. The fourth-order valence-electron chi connectivity index (χ4n) is 2.76. The van der Waals surface area contributed by atoms with Gasteiger partial charge in [-0.2, -0.15) is 0 Å². The van der Waals surface area contributed by atoms with E-state index >= 15 is 0 Å². The normalized spacial score (nSPS) is 14.3. The third-order valence-corrected chi connectivity index (χ3v) is 4.20. The van der Waals surface area contributed by atoms with Gasteiger partial charge in [-0.15, -0.1) is 0 Å². The highest BCUT2D eigenvalue weighted by atomic mass is 16.5. The molecule has 2 heterocycles. The second-order valence-corrected chi connectivity index (χ2v) is 5.74. The summed E-state index contributed by atoms with van der Waals surface area (Å²) in [6, 6.07) is 11.3. The maximum atomic E-state index is 12.2. The summed E-state index contributed by atoms with van der Waals surface area (Å²) in [5.74, 6) is 0.325. The molecule has 0 aliphatic carbocycles. The lowest BCUT2D eigenvalue weighted by Gasteiger charge is -2.35. The lowest BCUT2D eigenvalue weighted by atomic mass is 10.2. The Balaban J connectivity index is 1.48. The molecule has 1 aromatic carbocycles. The fourth-order valence-corrected chi connectivity index (χ4v) is 2.76. The van der Waals surface area contributed by atoms with E-state index < -0.39 is 11.8 Å². The van der Waals surface area contributed by atoms with Crippen LogP contribution in [0.4, 0.5) is 5.69 Å². The second kappa shape index (κ2) is 7.74. The van der Waals surface area contributed by atoms with Crippen LogP contribution in [0.15, 0.2) is 47.1 Å². The van der Waals surface area contributed by atoms with Gasteiger partial charge in [0.05, 0.1) is 19.9 Å². The number of furan rings is 1. The summed E-state index contributed by atoms with van der Waals surface area (Å²) in [6.07, 6.45) is 1.53. The van der Waals surface area contributed by atoms with Crippen LogP contribution in [-0.2, 0) is 16.1 Å². The number of nitrogens with one attached hydrogen (secondary N) is 1. The minimum absolute atomic E-state index is 0.212. The van der Waals surface area contributed by atoms with E-state index in [1.54, 1.807) is 24.1 Å². The summed E-state index contributed by atoms with van der Waals surface area (Å²) in [7, 11) is 1.64. The molecule has 0 bridgehead atoms. The maximum absolute atomic E-state index is 12.2. The Morgan fingerprint density at radius 2 is 1.84 bits per heavy atom. The monoisotopic (exact) mass is 343 g/mol. The number of ether oxygens (including phenoxy) is 1. The molecule has 1 N–H and O–H groups in total. The summed E-state index contributed by atoms with van der Waals surface area (Å²) in [6.45, 7) is 2.61. The molecule has 0 spiro atoms. The first-order valence-electron chi connectivity index (χ1n) is 8.16. The van der Waals surface area contributed by atoms with Gasteiger partial charge in [-0.05, 0) is 36.4 Å². The Hall–Kier alpha value is -2.96. The molecular weight excluding hydrogens is 322 g/mol. The molecule has 0 atom stereocenters. The molecule has 0 saturated carbocycles. The highest BCUT2D eigenvalue weighted by Gasteiger charge is 2.26. The summed E-state index contributed by atoms with van der Waals surface area (Å²) < 4.78 is 10.3. The zero-order valence-electron chi connectivity index (χ0n) is 14.1. The molecule has 7 nitrogen and oxygen atoms in total. The average Bonchev–Trinajstić information content (AvgIpc) is 3.19. The standard InChI is InChI=1S/C18H21N3O4/c1-24-15-6-4-14(5-7-15)20-8-10-21(11-9-20)18(23)17(22)19-13-16-3-2-12-25-16/h2-7,12H,8-11,13H2,1H3,(H,19,22). The van der Waals surface area contributed by atoms with Crippen molar-refractivity contribution in [2.75, 3.05) is 38.2 Å². The molecule has 25 heavy (non-hydrogen) atoms. The van der Waals surface area contributed by atoms with E-state index in [1.807, 2.05) is 24.3 Å². The van der Waals surface area contributed by atoms with Gasteiger partial charge < -0.3 is 24.3 Å². The van der Waals surface area contributed by atoms with E-state index in [1.165, 1.54) is 6.26 Å². The first-order chi connectivity index (χ1) is 12.2. The van der Waals surface area contributed by atoms with Crippen LogP contribution in [0.3, 0.4) is 0 Å². The molecule has 1 saturated heterocycles. The van der Waals surface area contributed by atoms with Gasteiger partial charge in [0.15, 0.2) is 0 Å². The number of hydrogen-bond acceptors (Lipinski definition) is 5. The van der Waals surface area contributed by atoms with E-state index in [0.29, 0.717) is 31.9 Å². The van der Waals surface area contributed by atoms with Crippen LogP contribution in [0.25, 0.3) is 0 Å². The molecule has 1 aliphatic rings. The van der Waals surface area contributed by atoms with Gasteiger partial charge >= 0.3 is 11.8 Å². The molecule has 1 aromatic heterocycles. The van der Waals surface area contributed by atoms with Crippen LogP contribution >= 0.6 is 0 Å². The smallest absolute Gasteiger partial charge is 0.312 e. The highest BCUT2D eigenvalue weighted by Crippen LogP contribution is 2.20. The van der Waals surface area contributed by atoms with Crippen LogP contribution in [0, 0.1) is 0 Å². The van der Waals surface area contributed by atoms with Gasteiger partial charge in [0.1, 0.15) is 11.5 Å². The van der Waals surface area contributed by atoms with E-state index in [-0.39, 0.29) is 6.54 Å². The minimum Gasteiger partial charge on any atom is -0.497 e. The summed E-state index contributed by atoms with van der Waals surface area (Å²) in [5, 5.41) is 2.59. The summed E-state index contributed by atoms with van der Waals surface area (Å²) in [4.78, 5) is 28.0. The van der Waals surface area contributed by atoms with E-state index in [4.69, 9.17) is 9.15 Å². The number of amides is 2. The van der Waals surface area contributed by atoms with Gasteiger partial charge in [0.2, 0.25) is 0 Å². The van der Waals surface area contributed by atoms with Crippen molar-refractivity contribution >= 4 is 17.5 Å². The van der Waals surface area contributed by atoms with Crippen LogP contribution in [0.5, 0.6) is 5.75 Å². The van der Waals surface area contributed by atoms with Crippen LogP contribution < -0.4 is 15.0 Å². The van der Waals surface area contributed by atoms with Crippen molar-refractivity contribution in [3.63, 3.8) is 0 Å². The van der Waals surface area contributed by atoms with Crippen molar-refractivity contribution in [2.24, 2.45) is 0 Å². The van der Waals surface area contributed by atoms with Crippen LogP contribution in [0.2, 0.25) is 0 Å². The molecule has 7 heteroatoms. The Bertz CT molecular complexity index is 704. The summed E-state index contributed by atoms with van der Waals surface area (Å²) in [5.41, 5.74) is 1.08. The first-order valence-corrected chi connectivity index (χ1v) is 8.16. The number of carbonyl (C=O) groups excluding carboxylic acids is 2. The second-order valence-electron chi connectivity index (χ2n) is 5.74. The molecule has 132 valence electrons. The van der Waals surface area contributed by atoms with Gasteiger partial charge in [0, 0.05) is 31.9 Å². The Kier molecular flexibility index (Phi) is 5.23. The van der Waals surface area contributed by atoms with Gasteiger partial charge in [0.25, 0.3) is 0 Å². The van der Waals surface area contributed by atoms with Crippen LogP contribution in [0.1, 0.15) is 5.76 Å². The lowest BCUT2D eigenvalue weighted by Crippen LogP contribution is -2.52. The van der Waals surface area contributed by atoms with Crippen molar-refractivity contribution in [2.45, 2.75) is 6.54 Å².